The lowest BCUT2D eigenvalue weighted by molar-refractivity contribution is -0.150. The highest BCUT2D eigenvalue weighted by atomic mass is 32.2. The van der Waals surface area contributed by atoms with Gasteiger partial charge in [0, 0.05) is 34.0 Å². The molecule has 2 aliphatic heterocycles. The summed E-state index contributed by atoms with van der Waals surface area (Å²) in [7, 11) is 0. The SMILES string of the molecule is Nc1nc(C2=CCCC2O/N=C/C(=O)NC2C(=O)N3C(C(=O)O)=C(S/C=C\c4cccnc4)CSC23)cs1. The number of nitrogens with two attached hydrogens (primary N) is 1. The van der Waals surface area contributed by atoms with Crippen LogP contribution in [-0.4, -0.2) is 67.2 Å². The van der Waals surface area contributed by atoms with E-state index < -0.39 is 29.2 Å². The average molecular weight is 571 g/mol. The molecule has 1 aliphatic carbocycles. The zero-order valence-corrected chi connectivity index (χ0v) is 22.2. The molecule has 0 spiro atoms. The van der Waals surface area contributed by atoms with Crippen molar-refractivity contribution in [3.8, 4) is 0 Å². The van der Waals surface area contributed by atoms with E-state index in [9.17, 15) is 19.5 Å². The molecule has 2 aromatic rings. The second-order valence-electron chi connectivity index (χ2n) is 8.32. The van der Waals surface area contributed by atoms with Gasteiger partial charge in [0.15, 0.2) is 11.2 Å². The summed E-state index contributed by atoms with van der Waals surface area (Å²) in [4.78, 5) is 52.9. The van der Waals surface area contributed by atoms with Crippen molar-refractivity contribution in [3.63, 3.8) is 0 Å². The van der Waals surface area contributed by atoms with Crippen LogP contribution < -0.4 is 11.1 Å². The van der Waals surface area contributed by atoms with Crippen LogP contribution in [0.4, 0.5) is 5.13 Å². The Morgan fingerprint density at radius 3 is 3.00 bits per heavy atom. The van der Waals surface area contributed by atoms with Crippen LogP contribution in [0.3, 0.4) is 0 Å². The summed E-state index contributed by atoms with van der Waals surface area (Å²) < 4.78 is 0. The van der Waals surface area contributed by atoms with E-state index in [-0.39, 0.29) is 11.8 Å². The van der Waals surface area contributed by atoms with E-state index in [1.807, 2.05) is 23.6 Å². The number of thioether (sulfide) groups is 2. The Kier molecular flexibility index (Phi) is 7.81. The van der Waals surface area contributed by atoms with E-state index in [1.165, 1.54) is 39.8 Å². The number of pyridine rings is 1. The number of nitrogens with zero attached hydrogens (tertiary/aromatic N) is 4. The van der Waals surface area contributed by atoms with Crippen LogP contribution in [0.2, 0.25) is 0 Å². The predicted octanol–water partition coefficient (Wildman–Crippen LogP) is 2.77. The van der Waals surface area contributed by atoms with Gasteiger partial charge in [0.1, 0.15) is 23.3 Å². The molecule has 11 nitrogen and oxygen atoms in total. The summed E-state index contributed by atoms with van der Waals surface area (Å²) >= 11 is 3.97. The van der Waals surface area contributed by atoms with Crippen LogP contribution in [-0.2, 0) is 19.2 Å². The summed E-state index contributed by atoms with van der Waals surface area (Å²) in [5.41, 5.74) is 8.13. The Morgan fingerprint density at radius 2 is 2.26 bits per heavy atom. The van der Waals surface area contributed by atoms with E-state index in [0.29, 0.717) is 22.2 Å². The van der Waals surface area contributed by atoms with E-state index in [2.05, 4.69) is 20.4 Å². The maximum atomic E-state index is 12.8. The summed E-state index contributed by atoms with van der Waals surface area (Å²) in [6.45, 7) is 0. The van der Waals surface area contributed by atoms with Crippen LogP contribution in [0.5, 0.6) is 0 Å². The maximum Gasteiger partial charge on any atom is 0.353 e. The second-order valence-corrected chi connectivity index (χ2v) is 11.3. The van der Waals surface area contributed by atoms with Gasteiger partial charge in [0.05, 0.1) is 5.69 Å². The first-order valence-corrected chi connectivity index (χ1v) is 14.3. The van der Waals surface area contributed by atoms with E-state index in [1.54, 1.807) is 23.9 Å². The number of β-lactam (4-membered cyclic amide) rings is 1. The van der Waals surface area contributed by atoms with Crippen LogP contribution in [0.15, 0.2) is 57.1 Å². The highest BCUT2D eigenvalue weighted by molar-refractivity contribution is 8.08. The van der Waals surface area contributed by atoms with Crippen molar-refractivity contribution in [2.24, 2.45) is 5.16 Å². The molecule has 3 aliphatic rings. The molecule has 3 atom stereocenters. The summed E-state index contributed by atoms with van der Waals surface area (Å²) in [6.07, 6.45) is 9.31. The number of anilines is 1. The Morgan fingerprint density at radius 1 is 1.39 bits per heavy atom. The van der Waals surface area contributed by atoms with Crippen LogP contribution in [0.1, 0.15) is 24.1 Å². The van der Waals surface area contributed by atoms with Crippen molar-refractivity contribution in [2.45, 2.75) is 30.4 Å². The first-order valence-electron chi connectivity index (χ1n) is 11.5. The fourth-order valence-corrected chi connectivity index (χ4v) is 7.10. The standard InChI is InChI=1S/C24H22N6O5S3/c25-24-28-15(11-38-24)14-4-1-5-16(14)35-27-10-18(31)29-19-21(32)30-20(23(33)34)17(12-37-22(19)30)36-8-6-13-3-2-7-26-9-13/h2-4,6-11,16,19,22H,1,5,12H2,(H2,25,28)(H,29,31)(H,33,34)/b8-6-,27-10+. The van der Waals surface area contributed by atoms with Gasteiger partial charge in [0.25, 0.3) is 11.8 Å². The number of nitrogens with one attached hydrogen (secondary N) is 1. The monoisotopic (exact) mass is 570 g/mol. The molecule has 3 unspecified atom stereocenters. The average Bonchev–Trinajstić information content (AvgIpc) is 3.56. The van der Waals surface area contributed by atoms with Gasteiger partial charge in [-0.1, -0.05) is 29.1 Å². The molecule has 1 fully saturated rings. The number of aliphatic carboxylic acids is 1. The Bertz CT molecular complexity index is 1370. The number of oxime groups is 1. The highest BCUT2D eigenvalue weighted by Crippen LogP contribution is 2.43. The summed E-state index contributed by atoms with van der Waals surface area (Å²) in [5, 5.41) is 19.8. The number of hydrogen-bond donors (Lipinski definition) is 3. The van der Waals surface area contributed by atoms with Gasteiger partial charge in [-0.3, -0.25) is 19.5 Å². The smallest absolute Gasteiger partial charge is 0.353 e. The molecule has 2 amide bonds. The molecule has 0 saturated carbocycles. The number of carboxylic acids is 1. The molecule has 14 heteroatoms. The Balaban J connectivity index is 1.17. The molecule has 4 N–H and O–H groups in total. The molecule has 1 saturated heterocycles. The number of rotatable bonds is 9. The van der Waals surface area contributed by atoms with Gasteiger partial charge in [-0.15, -0.1) is 23.1 Å². The molecule has 5 rings (SSSR count). The third-order valence-corrected chi connectivity index (χ3v) is 8.94. The van der Waals surface area contributed by atoms with Gasteiger partial charge in [-0.05, 0) is 36.0 Å². The molecular formula is C24H22N6O5S3. The van der Waals surface area contributed by atoms with Gasteiger partial charge in [0.2, 0.25) is 0 Å². The number of thiazole rings is 1. The number of carbonyl (C=O) groups is 3. The quantitative estimate of drug-likeness (QED) is 0.232. The largest absolute Gasteiger partial charge is 0.477 e. The predicted molar refractivity (Wildman–Crippen MR) is 148 cm³/mol. The normalized spacial score (nSPS) is 22.9. The van der Waals surface area contributed by atoms with Gasteiger partial charge in [-0.25, -0.2) is 9.78 Å². The number of amides is 2. The van der Waals surface area contributed by atoms with Crippen molar-refractivity contribution in [1.82, 2.24) is 20.2 Å². The Labute approximate surface area is 229 Å². The lowest BCUT2D eigenvalue weighted by Crippen LogP contribution is -2.70. The van der Waals surface area contributed by atoms with Crippen LogP contribution in [0, 0.1) is 0 Å². The molecular weight excluding hydrogens is 549 g/mol. The van der Waals surface area contributed by atoms with Gasteiger partial charge >= 0.3 is 5.97 Å². The van der Waals surface area contributed by atoms with Crippen LogP contribution in [0.25, 0.3) is 11.6 Å². The first kappa shape index (κ1) is 26.0. The lowest BCUT2D eigenvalue weighted by atomic mass is 10.1. The minimum atomic E-state index is -1.19. The number of aromatic nitrogens is 2. The zero-order chi connectivity index (χ0) is 26.6. The van der Waals surface area contributed by atoms with Crippen molar-refractivity contribution >= 4 is 75.6 Å². The molecule has 4 heterocycles. The van der Waals surface area contributed by atoms with Crippen molar-refractivity contribution < 1.29 is 24.3 Å². The summed E-state index contributed by atoms with van der Waals surface area (Å²) in [5.74, 6) is -1.90. The fraction of sp³-hybridized carbons (Fsp3) is 0.250. The topological polar surface area (TPSA) is 160 Å². The second kappa shape index (κ2) is 11.4. The number of carboxylic acid groups (broad SMARTS) is 1. The van der Waals surface area contributed by atoms with Crippen molar-refractivity contribution in [1.29, 1.82) is 0 Å². The van der Waals surface area contributed by atoms with E-state index in [4.69, 9.17) is 10.6 Å². The number of allylic oxidation sites excluding steroid dienone is 1. The number of nitrogen functional groups attached to an aromatic ring is 1. The van der Waals surface area contributed by atoms with Gasteiger partial charge < -0.3 is 21.0 Å². The van der Waals surface area contributed by atoms with Crippen molar-refractivity contribution in [2.75, 3.05) is 11.5 Å². The fourth-order valence-electron chi connectivity index (χ4n) is 4.17. The minimum absolute atomic E-state index is 0.0645. The maximum absolute atomic E-state index is 12.8. The minimum Gasteiger partial charge on any atom is -0.477 e. The number of carbonyl (C=O) groups excluding carboxylic acids is 2. The molecule has 0 radical (unpaired) electrons. The first-order chi connectivity index (χ1) is 18.4. The molecule has 0 bridgehead atoms. The zero-order valence-electron chi connectivity index (χ0n) is 19.7. The van der Waals surface area contributed by atoms with Gasteiger partial charge in [-0.2, -0.15) is 0 Å². The number of hydrogen-bond acceptors (Lipinski definition) is 11. The molecule has 2 aromatic heterocycles. The molecule has 0 aromatic carbocycles. The van der Waals surface area contributed by atoms with E-state index >= 15 is 0 Å². The van der Waals surface area contributed by atoms with Crippen LogP contribution >= 0.6 is 34.9 Å². The van der Waals surface area contributed by atoms with E-state index in [0.717, 1.165) is 29.5 Å². The highest BCUT2D eigenvalue weighted by Gasteiger charge is 2.54. The Hall–Kier alpha value is -3.62. The lowest BCUT2D eigenvalue weighted by Gasteiger charge is -2.49. The van der Waals surface area contributed by atoms with Crippen molar-refractivity contribution in [3.05, 3.63) is 63.3 Å². The molecule has 38 heavy (non-hydrogen) atoms. The third-order valence-electron chi connectivity index (χ3n) is 5.90. The molecule has 196 valence electrons. The summed E-state index contributed by atoms with van der Waals surface area (Å²) in [6, 6.07) is 2.83. The third kappa shape index (κ3) is 5.47. The number of fused-ring (bicyclic) bond motifs is 1.